The Bertz CT molecular complexity index is 633. The van der Waals surface area contributed by atoms with E-state index in [9.17, 15) is 17.6 Å². The first-order valence-electron chi connectivity index (χ1n) is 6.36. The van der Waals surface area contributed by atoms with Crippen LogP contribution < -0.4 is 9.64 Å². The van der Waals surface area contributed by atoms with Gasteiger partial charge in [-0.25, -0.2) is 14.4 Å². The van der Waals surface area contributed by atoms with Gasteiger partial charge in [0.05, 0.1) is 6.54 Å². The predicted octanol–water partition coefficient (Wildman–Crippen LogP) is 3.15. The summed E-state index contributed by atoms with van der Waals surface area (Å²) in [6.07, 6.45) is -3.48. The van der Waals surface area contributed by atoms with Gasteiger partial charge in [0.15, 0.2) is 11.6 Å². The second-order valence-corrected chi connectivity index (χ2v) is 4.44. The normalized spacial score (nSPS) is 11.3. The molecule has 0 bridgehead atoms. The lowest BCUT2D eigenvalue weighted by Gasteiger charge is -2.18. The number of hydrogen-bond donors (Lipinski definition) is 0. The lowest BCUT2D eigenvalue weighted by Crippen LogP contribution is -2.26. The van der Waals surface area contributed by atoms with Gasteiger partial charge in [-0.05, 0) is 18.2 Å². The number of hydrogen-bond acceptors (Lipinski definition) is 4. The maximum atomic E-state index is 13.3. The zero-order valence-corrected chi connectivity index (χ0v) is 11.6. The summed E-state index contributed by atoms with van der Waals surface area (Å²) in [6.45, 7) is 0.284. The summed E-state index contributed by atoms with van der Waals surface area (Å²) >= 11 is 0. The number of ether oxygens (including phenoxy) is 1. The SMILES string of the molecule is CN(CCOc1ccccc1F)c1nccc(C(F)(F)F)n1. The molecule has 1 aromatic carbocycles. The van der Waals surface area contributed by atoms with Crippen molar-refractivity contribution in [3.63, 3.8) is 0 Å². The summed E-state index contributed by atoms with van der Waals surface area (Å²) in [5.41, 5.74) is -1.01. The third-order valence-electron chi connectivity index (χ3n) is 2.80. The Hall–Kier alpha value is -2.38. The highest BCUT2D eigenvalue weighted by atomic mass is 19.4. The number of nitrogens with zero attached hydrogens (tertiary/aromatic N) is 3. The molecular formula is C14H13F4N3O. The van der Waals surface area contributed by atoms with Crippen LogP contribution in [0, 0.1) is 5.82 Å². The van der Waals surface area contributed by atoms with Gasteiger partial charge in [0.25, 0.3) is 0 Å². The number of likely N-dealkylation sites (N-methyl/N-ethyl adjacent to an activating group) is 1. The molecule has 0 aliphatic heterocycles. The van der Waals surface area contributed by atoms with Crippen molar-refractivity contribution in [2.24, 2.45) is 0 Å². The van der Waals surface area contributed by atoms with Crippen molar-refractivity contribution in [3.05, 3.63) is 48.0 Å². The fraction of sp³-hybridized carbons (Fsp3) is 0.286. The number of halogens is 4. The van der Waals surface area contributed by atoms with Crippen molar-refractivity contribution >= 4 is 5.95 Å². The molecule has 2 aromatic rings. The van der Waals surface area contributed by atoms with Gasteiger partial charge in [-0.3, -0.25) is 0 Å². The summed E-state index contributed by atoms with van der Waals surface area (Å²) in [5.74, 6) is -0.492. The number of anilines is 1. The Kier molecular flexibility index (Phi) is 4.79. The molecule has 0 saturated carbocycles. The van der Waals surface area contributed by atoms with Crippen LogP contribution in [0.25, 0.3) is 0 Å². The van der Waals surface area contributed by atoms with Crippen LogP contribution >= 0.6 is 0 Å². The van der Waals surface area contributed by atoms with Gasteiger partial charge in [-0.1, -0.05) is 12.1 Å². The quantitative estimate of drug-likeness (QED) is 0.795. The van der Waals surface area contributed by atoms with E-state index in [1.54, 1.807) is 6.07 Å². The monoisotopic (exact) mass is 315 g/mol. The Morgan fingerprint density at radius 3 is 2.59 bits per heavy atom. The van der Waals surface area contributed by atoms with E-state index in [1.807, 2.05) is 0 Å². The van der Waals surface area contributed by atoms with E-state index < -0.39 is 17.7 Å². The molecule has 0 radical (unpaired) electrons. The van der Waals surface area contributed by atoms with Gasteiger partial charge in [0, 0.05) is 13.2 Å². The van der Waals surface area contributed by atoms with Crippen LogP contribution in [0.2, 0.25) is 0 Å². The summed E-state index contributed by atoms with van der Waals surface area (Å²) in [6, 6.07) is 6.68. The van der Waals surface area contributed by atoms with Crippen LogP contribution in [0.5, 0.6) is 5.75 Å². The van der Waals surface area contributed by atoms with Gasteiger partial charge in [0.2, 0.25) is 5.95 Å². The molecule has 0 spiro atoms. The van der Waals surface area contributed by atoms with E-state index in [0.29, 0.717) is 0 Å². The first-order valence-corrected chi connectivity index (χ1v) is 6.36. The van der Waals surface area contributed by atoms with Gasteiger partial charge < -0.3 is 9.64 Å². The van der Waals surface area contributed by atoms with E-state index in [4.69, 9.17) is 4.74 Å². The number of aromatic nitrogens is 2. The fourth-order valence-corrected chi connectivity index (χ4v) is 1.64. The molecular weight excluding hydrogens is 302 g/mol. The van der Waals surface area contributed by atoms with Gasteiger partial charge in [-0.15, -0.1) is 0 Å². The van der Waals surface area contributed by atoms with Crippen molar-refractivity contribution in [3.8, 4) is 5.75 Å². The van der Waals surface area contributed by atoms with Crippen molar-refractivity contribution in [2.75, 3.05) is 25.1 Å². The summed E-state index contributed by atoms with van der Waals surface area (Å²) < 4.78 is 56.3. The van der Waals surface area contributed by atoms with E-state index in [-0.39, 0.29) is 24.8 Å². The molecule has 22 heavy (non-hydrogen) atoms. The Balaban J connectivity index is 1.95. The molecule has 1 heterocycles. The molecule has 0 unspecified atom stereocenters. The third-order valence-corrected chi connectivity index (χ3v) is 2.80. The fourth-order valence-electron chi connectivity index (χ4n) is 1.64. The molecule has 8 heteroatoms. The molecule has 0 saturated heterocycles. The van der Waals surface area contributed by atoms with Crippen LogP contribution in [0.4, 0.5) is 23.5 Å². The number of benzene rings is 1. The molecule has 118 valence electrons. The maximum Gasteiger partial charge on any atom is 0.433 e. The lowest BCUT2D eigenvalue weighted by atomic mass is 10.3. The Labute approximate surface area is 124 Å². The average Bonchev–Trinajstić information content (AvgIpc) is 2.48. The van der Waals surface area contributed by atoms with Crippen LogP contribution in [0.1, 0.15) is 5.69 Å². The second kappa shape index (κ2) is 6.59. The standard InChI is InChI=1S/C14H13F4N3O/c1-21(8-9-22-11-5-3-2-4-10(11)15)13-19-7-6-12(20-13)14(16,17)18/h2-7H,8-9H2,1H3. The van der Waals surface area contributed by atoms with Crippen molar-refractivity contribution in [1.29, 1.82) is 0 Å². The van der Waals surface area contributed by atoms with Crippen molar-refractivity contribution in [2.45, 2.75) is 6.18 Å². The van der Waals surface area contributed by atoms with Crippen LogP contribution in [-0.4, -0.2) is 30.2 Å². The maximum absolute atomic E-state index is 13.3. The van der Waals surface area contributed by atoms with E-state index in [1.165, 1.54) is 30.1 Å². The lowest BCUT2D eigenvalue weighted by molar-refractivity contribution is -0.141. The molecule has 0 amide bonds. The third kappa shape index (κ3) is 4.06. The minimum Gasteiger partial charge on any atom is -0.489 e. The van der Waals surface area contributed by atoms with Crippen LogP contribution in [-0.2, 0) is 6.18 Å². The van der Waals surface area contributed by atoms with Crippen LogP contribution in [0.15, 0.2) is 36.5 Å². The molecule has 0 fully saturated rings. The predicted molar refractivity (Wildman–Crippen MR) is 72.2 cm³/mol. The highest BCUT2D eigenvalue weighted by Crippen LogP contribution is 2.27. The molecule has 2 rings (SSSR count). The second-order valence-electron chi connectivity index (χ2n) is 4.44. The number of rotatable bonds is 5. The topological polar surface area (TPSA) is 38.2 Å². The Morgan fingerprint density at radius 2 is 1.91 bits per heavy atom. The summed E-state index contributed by atoms with van der Waals surface area (Å²) in [4.78, 5) is 8.63. The minimum atomic E-state index is -4.53. The summed E-state index contributed by atoms with van der Waals surface area (Å²) in [5, 5.41) is 0. The largest absolute Gasteiger partial charge is 0.489 e. The smallest absolute Gasteiger partial charge is 0.433 e. The number of alkyl halides is 3. The number of para-hydroxylation sites is 1. The minimum absolute atomic E-state index is 0.0769. The first kappa shape index (κ1) is 16.0. The Morgan fingerprint density at radius 1 is 1.18 bits per heavy atom. The van der Waals surface area contributed by atoms with Gasteiger partial charge in [0.1, 0.15) is 12.3 Å². The van der Waals surface area contributed by atoms with Crippen LogP contribution in [0.3, 0.4) is 0 Å². The highest BCUT2D eigenvalue weighted by molar-refractivity contribution is 5.29. The zero-order valence-electron chi connectivity index (χ0n) is 11.6. The average molecular weight is 315 g/mol. The molecule has 0 N–H and O–H groups in total. The molecule has 1 aromatic heterocycles. The molecule has 0 aliphatic carbocycles. The van der Waals surface area contributed by atoms with Gasteiger partial charge >= 0.3 is 6.18 Å². The zero-order chi connectivity index (χ0) is 16.2. The summed E-state index contributed by atoms with van der Waals surface area (Å²) in [7, 11) is 1.53. The first-order chi connectivity index (χ1) is 10.4. The van der Waals surface area contributed by atoms with Gasteiger partial charge in [-0.2, -0.15) is 13.2 Å². The van der Waals surface area contributed by atoms with E-state index in [0.717, 1.165) is 12.3 Å². The highest BCUT2D eigenvalue weighted by Gasteiger charge is 2.33. The molecule has 0 atom stereocenters. The molecule has 4 nitrogen and oxygen atoms in total. The molecule has 0 aliphatic rings. The van der Waals surface area contributed by atoms with Crippen molar-refractivity contribution < 1.29 is 22.3 Å². The van der Waals surface area contributed by atoms with E-state index >= 15 is 0 Å². The van der Waals surface area contributed by atoms with E-state index in [2.05, 4.69) is 9.97 Å². The van der Waals surface area contributed by atoms with Crippen molar-refractivity contribution in [1.82, 2.24) is 9.97 Å².